The predicted molar refractivity (Wildman–Crippen MR) is 99.4 cm³/mol. The molecule has 1 atom stereocenters. The standard InChI is InChI=1S/C18H18N4O5/c1-22-16(24)12(15(23)21-18(22)26)9-20-14(17(25)27-2)7-10-8-19-13-6-4-3-5-11(10)13/h3-6,8-9,14,19,24H,7H2,1-2H3,(H,21,23,26). The van der Waals surface area contributed by atoms with E-state index in [1.54, 1.807) is 6.20 Å². The summed E-state index contributed by atoms with van der Waals surface area (Å²) in [5.41, 5.74) is 0.0157. The lowest BCUT2D eigenvalue weighted by Gasteiger charge is -2.10. The van der Waals surface area contributed by atoms with Crippen LogP contribution in [0.2, 0.25) is 0 Å². The smallest absolute Gasteiger partial charge is 0.330 e. The second-order valence-corrected chi connectivity index (χ2v) is 5.94. The predicted octanol–water partition coefficient (Wildman–Crippen LogP) is 0.464. The largest absolute Gasteiger partial charge is 0.494 e. The number of rotatable bonds is 5. The third-order valence-electron chi connectivity index (χ3n) is 4.27. The number of ether oxygens (including phenoxy) is 1. The van der Waals surface area contributed by atoms with Crippen LogP contribution in [0.3, 0.4) is 0 Å². The van der Waals surface area contributed by atoms with Crippen molar-refractivity contribution in [3.05, 3.63) is 62.4 Å². The Labute approximate surface area is 153 Å². The Bertz CT molecular complexity index is 1140. The van der Waals surface area contributed by atoms with Gasteiger partial charge in [-0.2, -0.15) is 0 Å². The van der Waals surface area contributed by atoms with E-state index in [-0.39, 0.29) is 12.0 Å². The fraction of sp³-hybridized carbons (Fsp3) is 0.222. The Morgan fingerprint density at radius 1 is 1.37 bits per heavy atom. The number of nitrogens with zero attached hydrogens (tertiary/aromatic N) is 2. The van der Waals surface area contributed by atoms with Crippen molar-refractivity contribution in [2.45, 2.75) is 12.5 Å². The van der Waals surface area contributed by atoms with Crippen molar-refractivity contribution in [3.63, 3.8) is 0 Å². The molecule has 0 fully saturated rings. The average molecular weight is 370 g/mol. The van der Waals surface area contributed by atoms with Gasteiger partial charge in [-0.25, -0.2) is 9.59 Å². The quantitative estimate of drug-likeness (QED) is 0.444. The molecule has 0 aliphatic rings. The molecule has 2 heterocycles. The van der Waals surface area contributed by atoms with Gasteiger partial charge in [0.05, 0.1) is 7.11 Å². The van der Waals surface area contributed by atoms with E-state index < -0.39 is 29.1 Å². The van der Waals surface area contributed by atoms with Crippen molar-refractivity contribution in [1.29, 1.82) is 0 Å². The summed E-state index contributed by atoms with van der Waals surface area (Å²) in [5.74, 6) is -1.12. The van der Waals surface area contributed by atoms with Gasteiger partial charge in [0.25, 0.3) is 5.56 Å². The van der Waals surface area contributed by atoms with E-state index in [1.165, 1.54) is 14.2 Å². The number of fused-ring (bicyclic) bond motifs is 1. The first kappa shape index (κ1) is 18.2. The summed E-state index contributed by atoms with van der Waals surface area (Å²) in [6, 6.07) is 6.69. The lowest BCUT2D eigenvalue weighted by atomic mass is 10.1. The number of hydrogen-bond acceptors (Lipinski definition) is 6. The first-order valence-electron chi connectivity index (χ1n) is 8.10. The minimum atomic E-state index is -0.926. The Kier molecular flexibility index (Phi) is 4.93. The molecule has 0 aliphatic heterocycles. The second kappa shape index (κ2) is 7.32. The van der Waals surface area contributed by atoms with Crippen LogP contribution in [0.15, 0.2) is 45.0 Å². The third kappa shape index (κ3) is 3.52. The van der Waals surface area contributed by atoms with Crippen molar-refractivity contribution in [2.24, 2.45) is 12.0 Å². The van der Waals surface area contributed by atoms with Gasteiger partial charge in [-0.15, -0.1) is 0 Å². The highest BCUT2D eigenvalue weighted by molar-refractivity contribution is 5.87. The lowest BCUT2D eigenvalue weighted by Crippen LogP contribution is -2.31. The molecule has 2 aromatic heterocycles. The fourth-order valence-electron chi connectivity index (χ4n) is 2.75. The molecule has 9 heteroatoms. The number of H-pyrrole nitrogens is 2. The number of para-hydroxylation sites is 1. The third-order valence-corrected chi connectivity index (χ3v) is 4.27. The number of esters is 1. The fourth-order valence-corrected chi connectivity index (χ4v) is 2.75. The summed E-state index contributed by atoms with van der Waals surface area (Å²) in [7, 11) is 2.55. The number of aromatic hydroxyl groups is 1. The van der Waals surface area contributed by atoms with Crippen molar-refractivity contribution >= 4 is 23.1 Å². The van der Waals surface area contributed by atoms with E-state index in [0.717, 1.165) is 27.2 Å². The summed E-state index contributed by atoms with van der Waals surface area (Å²) in [4.78, 5) is 44.8. The lowest BCUT2D eigenvalue weighted by molar-refractivity contribution is -0.142. The SMILES string of the molecule is COC(=O)C(Cc1c[nH]c2ccccc12)N=Cc1c(O)n(C)c(=O)[nH]c1=O. The molecular weight excluding hydrogens is 352 g/mol. The molecular formula is C18H18N4O5. The van der Waals surface area contributed by atoms with Crippen molar-refractivity contribution < 1.29 is 14.6 Å². The van der Waals surface area contributed by atoms with E-state index >= 15 is 0 Å². The molecule has 140 valence electrons. The van der Waals surface area contributed by atoms with Crippen LogP contribution in [0.1, 0.15) is 11.1 Å². The molecule has 0 saturated carbocycles. The number of aromatic amines is 2. The van der Waals surface area contributed by atoms with Gasteiger partial charge < -0.3 is 14.8 Å². The maximum Gasteiger partial charge on any atom is 0.330 e. The maximum absolute atomic E-state index is 12.1. The number of carbonyl (C=O) groups excluding carboxylic acids is 1. The van der Waals surface area contributed by atoms with Crippen LogP contribution >= 0.6 is 0 Å². The molecule has 0 saturated heterocycles. The van der Waals surface area contributed by atoms with E-state index in [2.05, 4.69) is 15.0 Å². The Hall–Kier alpha value is -3.62. The number of carbonyl (C=O) groups is 1. The molecule has 9 nitrogen and oxygen atoms in total. The summed E-state index contributed by atoms with van der Waals surface area (Å²) in [6.07, 6.45) is 3.09. The van der Waals surface area contributed by atoms with Gasteiger partial charge in [0.2, 0.25) is 5.88 Å². The van der Waals surface area contributed by atoms with E-state index in [0.29, 0.717) is 0 Å². The van der Waals surface area contributed by atoms with Crippen LogP contribution in [-0.4, -0.2) is 45.0 Å². The Balaban J connectivity index is 1.96. The second-order valence-electron chi connectivity index (χ2n) is 5.94. The highest BCUT2D eigenvalue weighted by atomic mass is 16.5. The summed E-state index contributed by atoms with van der Waals surface area (Å²) in [5, 5.41) is 10.9. The molecule has 1 unspecified atom stereocenters. The van der Waals surface area contributed by atoms with Crippen LogP contribution in [0.25, 0.3) is 10.9 Å². The first-order valence-corrected chi connectivity index (χ1v) is 8.10. The number of aliphatic imine (C=N–C) groups is 1. The maximum atomic E-state index is 12.1. The topological polar surface area (TPSA) is 130 Å². The van der Waals surface area contributed by atoms with E-state index in [9.17, 15) is 19.5 Å². The minimum Gasteiger partial charge on any atom is -0.494 e. The molecule has 3 aromatic rings. The van der Waals surface area contributed by atoms with Crippen LogP contribution in [0.4, 0.5) is 0 Å². The Morgan fingerprint density at radius 2 is 2.11 bits per heavy atom. The highest BCUT2D eigenvalue weighted by Crippen LogP contribution is 2.20. The van der Waals surface area contributed by atoms with Crippen molar-refractivity contribution in [2.75, 3.05) is 7.11 Å². The average Bonchev–Trinajstić information content (AvgIpc) is 3.07. The Morgan fingerprint density at radius 3 is 2.85 bits per heavy atom. The van der Waals surface area contributed by atoms with Gasteiger partial charge in [0, 0.05) is 36.8 Å². The number of benzene rings is 1. The first-order chi connectivity index (χ1) is 12.9. The molecule has 3 rings (SSSR count). The van der Waals surface area contributed by atoms with Crippen molar-refractivity contribution in [1.82, 2.24) is 14.5 Å². The van der Waals surface area contributed by atoms with Gasteiger partial charge in [0.15, 0.2) is 6.04 Å². The monoisotopic (exact) mass is 370 g/mol. The summed E-state index contributed by atoms with van der Waals surface area (Å²) < 4.78 is 5.67. The molecule has 3 N–H and O–H groups in total. The molecule has 0 radical (unpaired) electrons. The normalized spacial score (nSPS) is 12.5. The van der Waals surface area contributed by atoms with E-state index in [4.69, 9.17) is 4.74 Å². The molecule has 27 heavy (non-hydrogen) atoms. The molecule has 0 spiro atoms. The van der Waals surface area contributed by atoms with Crippen molar-refractivity contribution in [3.8, 4) is 5.88 Å². The van der Waals surface area contributed by atoms with Gasteiger partial charge in [0.1, 0.15) is 5.56 Å². The van der Waals surface area contributed by atoms with Gasteiger partial charge in [-0.3, -0.25) is 19.3 Å². The summed E-state index contributed by atoms with van der Waals surface area (Å²) in [6.45, 7) is 0. The number of nitrogens with one attached hydrogen (secondary N) is 2. The van der Waals surface area contributed by atoms with Crippen LogP contribution in [0, 0.1) is 0 Å². The number of hydrogen-bond donors (Lipinski definition) is 3. The number of aromatic nitrogens is 3. The van der Waals surface area contributed by atoms with Crippen LogP contribution in [-0.2, 0) is 23.0 Å². The zero-order valence-electron chi connectivity index (χ0n) is 14.7. The van der Waals surface area contributed by atoms with Crippen LogP contribution in [0.5, 0.6) is 5.88 Å². The number of methoxy groups -OCH3 is 1. The zero-order valence-corrected chi connectivity index (χ0v) is 14.7. The molecule has 0 aliphatic carbocycles. The van der Waals surface area contributed by atoms with E-state index in [1.807, 2.05) is 24.3 Å². The van der Waals surface area contributed by atoms with Gasteiger partial charge >= 0.3 is 11.7 Å². The molecule has 1 aromatic carbocycles. The van der Waals surface area contributed by atoms with Crippen LogP contribution < -0.4 is 11.2 Å². The zero-order chi connectivity index (χ0) is 19.6. The van der Waals surface area contributed by atoms with Gasteiger partial charge in [-0.05, 0) is 11.6 Å². The summed E-state index contributed by atoms with van der Waals surface area (Å²) >= 11 is 0. The molecule has 0 amide bonds. The van der Waals surface area contributed by atoms with Gasteiger partial charge in [-0.1, -0.05) is 18.2 Å². The highest BCUT2D eigenvalue weighted by Gasteiger charge is 2.20. The molecule has 0 bridgehead atoms. The minimum absolute atomic E-state index is 0.218.